The predicted octanol–water partition coefficient (Wildman–Crippen LogP) is 3.82. The third-order valence-electron chi connectivity index (χ3n) is 9.84. The Kier molecular flexibility index (Phi) is 7.10. The maximum absolute atomic E-state index is 13.6. The molecule has 1 unspecified atom stereocenters. The summed E-state index contributed by atoms with van der Waals surface area (Å²) in [7, 11) is -0.779. The highest BCUT2D eigenvalue weighted by Crippen LogP contribution is 2.50. The van der Waals surface area contributed by atoms with Crippen LogP contribution >= 0.6 is 0 Å². The van der Waals surface area contributed by atoms with Crippen LogP contribution in [0.2, 0.25) is 13.1 Å². The van der Waals surface area contributed by atoms with Gasteiger partial charge in [-0.25, -0.2) is 4.79 Å². The maximum atomic E-state index is 13.6. The number of esters is 2. The number of ether oxygens (including phenoxy) is 2. The molecule has 1 atom stereocenters. The summed E-state index contributed by atoms with van der Waals surface area (Å²) in [4.78, 5) is 46.6. The smallest absolute Gasteiger partial charge is 0.373 e. The number of carbonyl (C=O) groups excluding carboxylic acids is 4. The normalized spacial score (nSPS) is 21.0. The third-order valence-corrected chi connectivity index (χ3v) is 13.4. The molecule has 8 nitrogen and oxygen atoms in total. The van der Waals surface area contributed by atoms with Crippen LogP contribution in [0.25, 0.3) is 0 Å². The van der Waals surface area contributed by atoms with Crippen LogP contribution in [0.1, 0.15) is 59.8 Å². The van der Waals surface area contributed by atoms with Gasteiger partial charge in [-0.15, -0.1) is 0 Å². The summed E-state index contributed by atoms with van der Waals surface area (Å²) in [5.74, 6) is -0.506. The van der Waals surface area contributed by atoms with Crippen molar-refractivity contribution in [1.82, 2.24) is 0 Å². The minimum Gasteiger partial charge on any atom is -0.469 e. The first kappa shape index (κ1) is 29.9. The minimum absolute atomic E-state index is 0.0743. The Morgan fingerprint density at radius 3 is 1.98 bits per heavy atom. The van der Waals surface area contributed by atoms with Gasteiger partial charge in [0.25, 0.3) is 0 Å². The van der Waals surface area contributed by atoms with Crippen LogP contribution in [-0.4, -0.2) is 59.5 Å². The molecule has 0 aromatic heterocycles. The zero-order chi connectivity index (χ0) is 31.6. The van der Waals surface area contributed by atoms with Crippen LogP contribution in [0.3, 0.4) is 0 Å². The van der Waals surface area contributed by atoms with Gasteiger partial charge in [0.1, 0.15) is 8.07 Å². The predicted molar refractivity (Wildman–Crippen MR) is 170 cm³/mol. The van der Waals surface area contributed by atoms with Crippen molar-refractivity contribution in [3.8, 4) is 0 Å². The third kappa shape index (κ3) is 4.40. The molecule has 9 heteroatoms. The quantitative estimate of drug-likeness (QED) is 0.327. The first-order chi connectivity index (χ1) is 20.9. The van der Waals surface area contributed by atoms with Gasteiger partial charge >= 0.3 is 18.1 Å². The van der Waals surface area contributed by atoms with Gasteiger partial charge in [-0.05, 0) is 64.2 Å². The molecule has 4 heterocycles. The summed E-state index contributed by atoms with van der Waals surface area (Å²) in [6.07, 6.45) is 1.47. The van der Waals surface area contributed by atoms with Crippen LogP contribution in [0, 0.1) is 5.92 Å². The molecule has 0 saturated carbocycles. The highest BCUT2D eigenvalue weighted by molar-refractivity contribution is 7.01. The number of nitrogens with zero attached hydrogens (tertiary/aromatic N) is 2. The standard InChI is InChI=1S/C34H38N2O4Si.CO2/c1-33(2,3)22-8-11-25-28(16-22)34(40-32(25)38)26-12-9-23(35-14-7-15-35)17-29(26)41(5,6)30-18-24(10-13-27(30)34)36-19-21(20-36)31(37)39-4;2-1-3/h8-13,16-18,21H,7,14-15,19-20H2,1-6H3;. The van der Waals surface area contributed by atoms with Crippen LogP contribution in [-0.2, 0) is 34.9 Å². The zero-order valence-electron chi connectivity index (χ0n) is 26.2. The van der Waals surface area contributed by atoms with Crippen molar-refractivity contribution in [2.75, 3.05) is 43.1 Å². The number of fused-ring (bicyclic) bond motifs is 6. The Hall–Kier alpha value is -4.20. The summed E-state index contributed by atoms with van der Waals surface area (Å²) < 4.78 is 11.6. The van der Waals surface area contributed by atoms with E-state index in [1.54, 1.807) is 0 Å². The summed E-state index contributed by atoms with van der Waals surface area (Å²) in [6.45, 7) is 14.9. The highest BCUT2D eigenvalue weighted by Gasteiger charge is 2.56. The van der Waals surface area contributed by atoms with Gasteiger partial charge in [0.05, 0.1) is 18.6 Å². The Morgan fingerprint density at radius 1 is 0.909 bits per heavy atom. The number of anilines is 2. The van der Waals surface area contributed by atoms with E-state index in [2.05, 4.69) is 92.2 Å². The molecular weight excluding hydrogens is 572 g/mol. The number of hydrogen-bond acceptors (Lipinski definition) is 8. The van der Waals surface area contributed by atoms with E-state index in [-0.39, 0.29) is 29.4 Å². The fourth-order valence-electron chi connectivity index (χ4n) is 7.10. The maximum Gasteiger partial charge on any atom is 0.373 e. The topological polar surface area (TPSA) is 93.2 Å². The molecule has 7 rings (SSSR count). The molecule has 0 N–H and O–H groups in total. The number of benzene rings is 3. The van der Waals surface area contributed by atoms with E-state index < -0.39 is 13.7 Å². The van der Waals surface area contributed by atoms with Gasteiger partial charge < -0.3 is 19.3 Å². The van der Waals surface area contributed by atoms with E-state index in [1.807, 2.05) is 6.07 Å². The van der Waals surface area contributed by atoms with Crippen molar-refractivity contribution < 1.29 is 28.7 Å². The largest absolute Gasteiger partial charge is 0.469 e. The Labute approximate surface area is 259 Å². The second-order valence-electron chi connectivity index (χ2n) is 13.7. The molecule has 3 aromatic carbocycles. The summed E-state index contributed by atoms with van der Waals surface area (Å²) in [5, 5.41) is 2.61. The molecule has 4 aliphatic heterocycles. The van der Waals surface area contributed by atoms with Crippen molar-refractivity contribution in [2.24, 2.45) is 5.92 Å². The number of hydrogen-bond donors (Lipinski definition) is 0. The lowest BCUT2D eigenvalue weighted by Crippen LogP contribution is -2.63. The molecule has 0 aliphatic carbocycles. The van der Waals surface area contributed by atoms with E-state index in [1.165, 1.54) is 35.2 Å². The van der Waals surface area contributed by atoms with E-state index >= 15 is 0 Å². The van der Waals surface area contributed by atoms with E-state index in [4.69, 9.17) is 19.1 Å². The van der Waals surface area contributed by atoms with Crippen LogP contribution in [0.15, 0.2) is 54.6 Å². The summed E-state index contributed by atoms with van der Waals surface area (Å²) in [5.41, 5.74) is 6.25. The molecule has 228 valence electrons. The minimum atomic E-state index is -2.23. The number of carbonyl (C=O) groups is 2. The monoisotopic (exact) mass is 610 g/mol. The van der Waals surface area contributed by atoms with Crippen LogP contribution in [0.5, 0.6) is 0 Å². The molecule has 3 aromatic rings. The van der Waals surface area contributed by atoms with Crippen LogP contribution in [0.4, 0.5) is 11.4 Å². The molecule has 4 aliphatic rings. The first-order valence-electron chi connectivity index (χ1n) is 15.1. The summed E-state index contributed by atoms with van der Waals surface area (Å²) >= 11 is 0. The van der Waals surface area contributed by atoms with Crippen molar-refractivity contribution >= 4 is 47.9 Å². The van der Waals surface area contributed by atoms with Crippen molar-refractivity contribution in [3.05, 3.63) is 82.4 Å². The SMILES string of the molecule is COC(=O)C1CN(c2ccc3c(c2)[Si](C)(C)c2cc(N4CCC4)ccc2C32OC(=O)c3ccc(C(C)(C)C)cc32)C1.O=C=O. The molecular formula is C35H38N2O6Si. The molecule has 2 fully saturated rings. The average molecular weight is 611 g/mol. The van der Waals surface area contributed by atoms with Crippen molar-refractivity contribution in [1.29, 1.82) is 0 Å². The van der Waals surface area contributed by atoms with E-state index in [9.17, 15) is 9.59 Å². The average Bonchev–Trinajstić information content (AvgIpc) is 3.22. The molecule has 0 amide bonds. The van der Waals surface area contributed by atoms with Gasteiger partial charge in [0, 0.05) is 54.2 Å². The number of rotatable bonds is 3. The molecule has 0 bridgehead atoms. The van der Waals surface area contributed by atoms with Gasteiger partial charge in [-0.3, -0.25) is 4.79 Å². The Morgan fingerprint density at radius 2 is 1.48 bits per heavy atom. The zero-order valence-corrected chi connectivity index (χ0v) is 27.2. The number of methoxy groups -OCH3 is 1. The Bertz CT molecular complexity index is 1710. The molecule has 1 spiro atoms. The van der Waals surface area contributed by atoms with Gasteiger partial charge in [-0.1, -0.05) is 52.1 Å². The lowest BCUT2D eigenvalue weighted by atomic mass is 9.76. The fraction of sp³-hybridized carbons (Fsp3) is 0.400. The Balaban J connectivity index is 0.00000110. The van der Waals surface area contributed by atoms with Crippen molar-refractivity contribution in [3.63, 3.8) is 0 Å². The lowest BCUT2D eigenvalue weighted by Gasteiger charge is -2.46. The molecule has 0 radical (unpaired) electrons. The lowest BCUT2D eigenvalue weighted by molar-refractivity contribution is -0.191. The van der Waals surface area contributed by atoms with E-state index in [0.29, 0.717) is 18.7 Å². The summed E-state index contributed by atoms with van der Waals surface area (Å²) in [6, 6.07) is 19.7. The van der Waals surface area contributed by atoms with Gasteiger partial charge in [-0.2, -0.15) is 9.59 Å². The van der Waals surface area contributed by atoms with Gasteiger partial charge in [0.2, 0.25) is 0 Å². The fourth-order valence-corrected chi connectivity index (χ4v) is 10.3. The first-order valence-corrected chi connectivity index (χ1v) is 18.1. The van der Waals surface area contributed by atoms with Crippen molar-refractivity contribution in [2.45, 2.75) is 51.3 Å². The molecule has 2 saturated heterocycles. The highest BCUT2D eigenvalue weighted by atomic mass is 28.3. The van der Waals surface area contributed by atoms with E-state index in [0.717, 1.165) is 35.5 Å². The second kappa shape index (κ2) is 10.5. The molecule has 44 heavy (non-hydrogen) atoms. The van der Waals surface area contributed by atoms with Crippen LogP contribution < -0.4 is 20.2 Å². The second-order valence-corrected chi connectivity index (χ2v) is 18.0. The van der Waals surface area contributed by atoms with Gasteiger partial charge in [0.15, 0.2) is 5.60 Å².